The second-order valence-electron chi connectivity index (χ2n) is 6.30. The van der Waals surface area contributed by atoms with Crippen molar-refractivity contribution < 1.29 is 4.79 Å². The van der Waals surface area contributed by atoms with Gasteiger partial charge in [-0.1, -0.05) is 23.8 Å². The molecule has 1 aliphatic rings. The Morgan fingerprint density at radius 3 is 2.83 bits per heavy atom. The van der Waals surface area contributed by atoms with E-state index in [0.717, 1.165) is 40.8 Å². The summed E-state index contributed by atoms with van der Waals surface area (Å²) in [6.07, 6.45) is 0. The number of benzene rings is 1. The Kier molecular flexibility index (Phi) is 4.50. The average molecular weight is 329 g/mol. The maximum absolute atomic E-state index is 12.9. The molecule has 3 rings (SSSR count). The van der Waals surface area contributed by atoms with E-state index in [4.69, 9.17) is 0 Å². The van der Waals surface area contributed by atoms with E-state index < -0.39 is 0 Å². The number of rotatable bonds is 2. The number of hydrogen-bond donors (Lipinski definition) is 1. The van der Waals surface area contributed by atoms with E-state index in [1.165, 1.54) is 22.5 Å². The number of piperazine rings is 1. The molecule has 0 spiro atoms. The van der Waals surface area contributed by atoms with E-state index in [1.54, 1.807) is 0 Å². The summed E-state index contributed by atoms with van der Waals surface area (Å²) in [5.41, 5.74) is 4.40. The molecule has 1 atom stereocenters. The van der Waals surface area contributed by atoms with Crippen molar-refractivity contribution in [1.82, 2.24) is 15.2 Å². The van der Waals surface area contributed by atoms with E-state index in [2.05, 4.69) is 49.3 Å². The zero-order valence-corrected chi connectivity index (χ0v) is 15.0. The molecule has 1 aromatic heterocycles. The summed E-state index contributed by atoms with van der Waals surface area (Å²) in [5.74, 6) is 0.116. The highest BCUT2D eigenvalue weighted by atomic mass is 32.1. The number of nitrogens with one attached hydrogen (secondary N) is 1. The minimum Gasteiger partial charge on any atom is -0.333 e. The van der Waals surface area contributed by atoms with Crippen molar-refractivity contribution in [1.29, 1.82) is 0 Å². The fraction of sp³-hybridized carbons (Fsp3) is 0.444. The maximum atomic E-state index is 12.9. The molecule has 0 radical (unpaired) electrons. The fourth-order valence-electron chi connectivity index (χ4n) is 3.04. The highest BCUT2D eigenvalue weighted by Gasteiger charge is 2.27. The first-order valence-corrected chi connectivity index (χ1v) is 8.85. The number of hydrogen-bond acceptors (Lipinski definition) is 4. The Morgan fingerprint density at radius 1 is 1.35 bits per heavy atom. The molecule has 4 nitrogen and oxygen atoms in total. The lowest BCUT2D eigenvalue weighted by Gasteiger charge is -2.33. The van der Waals surface area contributed by atoms with Gasteiger partial charge in [0.25, 0.3) is 5.91 Å². The molecule has 1 aromatic carbocycles. The normalized spacial score (nSPS) is 18.3. The molecule has 0 aliphatic carbocycles. The van der Waals surface area contributed by atoms with Gasteiger partial charge in [0.1, 0.15) is 9.88 Å². The van der Waals surface area contributed by atoms with Crippen molar-refractivity contribution in [2.24, 2.45) is 0 Å². The predicted molar refractivity (Wildman–Crippen MR) is 95.1 cm³/mol. The Labute approximate surface area is 141 Å². The molecular formula is C18H23N3OS. The predicted octanol–water partition coefficient (Wildman–Crippen LogP) is 3.17. The lowest BCUT2D eigenvalue weighted by molar-refractivity contribution is 0.0660. The molecule has 122 valence electrons. The van der Waals surface area contributed by atoms with Gasteiger partial charge in [0.2, 0.25) is 0 Å². The number of carbonyl (C=O) groups is 1. The van der Waals surface area contributed by atoms with Crippen LogP contribution in [0.25, 0.3) is 10.6 Å². The van der Waals surface area contributed by atoms with Crippen molar-refractivity contribution in [3.05, 3.63) is 39.9 Å². The van der Waals surface area contributed by atoms with Crippen molar-refractivity contribution in [2.75, 3.05) is 19.6 Å². The first kappa shape index (κ1) is 16.1. The Hall–Kier alpha value is -1.72. The average Bonchev–Trinajstić information content (AvgIpc) is 2.88. The third-order valence-electron chi connectivity index (χ3n) is 4.37. The second kappa shape index (κ2) is 6.42. The summed E-state index contributed by atoms with van der Waals surface area (Å²) in [5, 5.41) is 4.26. The lowest BCUT2D eigenvalue weighted by Crippen LogP contribution is -2.52. The van der Waals surface area contributed by atoms with Gasteiger partial charge in [0.05, 0.1) is 5.69 Å². The number of carbonyl (C=O) groups excluding carboxylic acids is 1. The molecule has 0 unspecified atom stereocenters. The minimum atomic E-state index is 0.116. The first-order chi connectivity index (χ1) is 11.0. The maximum Gasteiger partial charge on any atom is 0.266 e. The molecule has 23 heavy (non-hydrogen) atoms. The van der Waals surface area contributed by atoms with Gasteiger partial charge in [-0.3, -0.25) is 4.79 Å². The van der Waals surface area contributed by atoms with Gasteiger partial charge in [-0.05, 0) is 33.3 Å². The van der Waals surface area contributed by atoms with Gasteiger partial charge in [-0.25, -0.2) is 4.98 Å². The molecule has 1 N–H and O–H groups in total. The zero-order chi connectivity index (χ0) is 16.6. The molecule has 2 aromatic rings. The van der Waals surface area contributed by atoms with Gasteiger partial charge < -0.3 is 10.2 Å². The summed E-state index contributed by atoms with van der Waals surface area (Å²) < 4.78 is 0. The second-order valence-corrected chi connectivity index (χ2v) is 7.30. The van der Waals surface area contributed by atoms with Crippen LogP contribution in [0.3, 0.4) is 0 Å². The summed E-state index contributed by atoms with van der Waals surface area (Å²) in [4.78, 5) is 20.3. The Morgan fingerprint density at radius 2 is 2.13 bits per heavy atom. The van der Waals surface area contributed by atoms with Crippen LogP contribution >= 0.6 is 11.3 Å². The van der Waals surface area contributed by atoms with Gasteiger partial charge in [-0.15, -0.1) is 11.3 Å². The van der Waals surface area contributed by atoms with Crippen LogP contribution < -0.4 is 5.32 Å². The Balaban J connectivity index is 1.93. The largest absolute Gasteiger partial charge is 0.333 e. The van der Waals surface area contributed by atoms with E-state index in [1.807, 2.05) is 11.8 Å². The van der Waals surface area contributed by atoms with Crippen LogP contribution in [-0.4, -0.2) is 41.5 Å². The lowest BCUT2D eigenvalue weighted by atomic mass is 10.1. The number of thiazole rings is 1. The topological polar surface area (TPSA) is 45.2 Å². The fourth-order valence-corrected chi connectivity index (χ4v) is 4.15. The van der Waals surface area contributed by atoms with E-state index in [9.17, 15) is 4.79 Å². The Bertz CT molecular complexity index is 738. The number of aromatic nitrogens is 1. The summed E-state index contributed by atoms with van der Waals surface area (Å²) in [6.45, 7) is 10.7. The van der Waals surface area contributed by atoms with Crippen LogP contribution in [0.4, 0.5) is 0 Å². The van der Waals surface area contributed by atoms with Crippen LogP contribution in [0.2, 0.25) is 0 Å². The highest BCUT2D eigenvalue weighted by molar-refractivity contribution is 7.17. The van der Waals surface area contributed by atoms with Crippen molar-refractivity contribution in [3.8, 4) is 10.6 Å². The van der Waals surface area contributed by atoms with Crippen LogP contribution in [0.1, 0.15) is 33.4 Å². The van der Waals surface area contributed by atoms with Crippen LogP contribution in [-0.2, 0) is 0 Å². The van der Waals surface area contributed by atoms with Gasteiger partial charge in [0.15, 0.2) is 0 Å². The molecular weight excluding hydrogens is 306 g/mol. The standard InChI is InChI=1S/C18H23N3OS/c1-11-5-6-15(12(2)9-11)17-20-14(4)16(23-17)18(22)21-8-7-19-10-13(21)3/h5-6,9,13,19H,7-8,10H2,1-4H3/t13-/m1/s1. The first-order valence-electron chi connectivity index (χ1n) is 8.04. The molecule has 0 saturated carbocycles. The van der Waals surface area contributed by atoms with Crippen LogP contribution in [0, 0.1) is 20.8 Å². The molecule has 5 heteroatoms. The highest BCUT2D eigenvalue weighted by Crippen LogP contribution is 2.31. The molecule has 1 saturated heterocycles. The molecule has 1 fully saturated rings. The third kappa shape index (κ3) is 3.16. The van der Waals surface area contributed by atoms with E-state index >= 15 is 0 Å². The molecule has 1 amide bonds. The molecule has 2 heterocycles. The number of nitrogens with zero attached hydrogens (tertiary/aromatic N) is 2. The molecule has 1 aliphatic heterocycles. The molecule has 0 bridgehead atoms. The monoisotopic (exact) mass is 329 g/mol. The van der Waals surface area contributed by atoms with Gasteiger partial charge in [-0.2, -0.15) is 0 Å². The summed E-state index contributed by atoms with van der Waals surface area (Å²) >= 11 is 1.51. The summed E-state index contributed by atoms with van der Waals surface area (Å²) in [6, 6.07) is 6.58. The van der Waals surface area contributed by atoms with E-state index in [0.29, 0.717) is 0 Å². The van der Waals surface area contributed by atoms with Crippen LogP contribution in [0.15, 0.2) is 18.2 Å². The zero-order valence-electron chi connectivity index (χ0n) is 14.1. The quantitative estimate of drug-likeness (QED) is 0.920. The minimum absolute atomic E-state index is 0.116. The summed E-state index contributed by atoms with van der Waals surface area (Å²) in [7, 11) is 0. The van der Waals surface area contributed by atoms with Crippen molar-refractivity contribution in [2.45, 2.75) is 33.7 Å². The van der Waals surface area contributed by atoms with Crippen LogP contribution in [0.5, 0.6) is 0 Å². The van der Waals surface area contributed by atoms with Crippen molar-refractivity contribution >= 4 is 17.2 Å². The third-order valence-corrected chi connectivity index (χ3v) is 5.54. The van der Waals surface area contributed by atoms with Gasteiger partial charge >= 0.3 is 0 Å². The number of amides is 1. The number of aryl methyl sites for hydroxylation is 3. The smallest absolute Gasteiger partial charge is 0.266 e. The van der Waals surface area contributed by atoms with Gasteiger partial charge in [0, 0.05) is 31.2 Å². The van der Waals surface area contributed by atoms with Crippen molar-refractivity contribution in [3.63, 3.8) is 0 Å². The van der Waals surface area contributed by atoms with E-state index in [-0.39, 0.29) is 11.9 Å². The SMILES string of the molecule is Cc1ccc(-c2nc(C)c(C(=O)N3CCNC[C@H]3C)s2)c(C)c1.